The van der Waals surface area contributed by atoms with Gasteiger partial charge in [-0.1, -0.05) is 23.9 Å². The van der Waals surface area contributed by atoms with Crippen LogP contribution in [0.25, 0.3) is 0 Å². The maximum Gasteiger partial charge on any atom is 0.233 e. The van der Waals surface area contributed by atoms with E-state index in [9.17, 15) is 9.18 Å². The summed E-state index contributed by atoms with van der Waals surface area (Å²) in [6.45, 7) is 3.79. The molecule has 1 amide bonds. The smallest absolute Gasteiger partial charge is 0.233 e. The Morgan fingerprint density at radius 2 is 1.88 bits per heavy atom. The third kappa shape index (κ3) is 3.77. The Morgan fingerprint density at radius 3 is 2.50 bits per heavy atom. The molecule has 7 heteroatoms. The molecular weight excluding hydrogens is 351 g/mol. The average Bonchev–Trinajstić information content (AvgIpc) is 3.54. The molecule has 2 aromatic rings. The molecule has 1 heterocycles. The molecule has 0 radical (unpaired) electrons. The van der Waals surface area contributed by atoms with Crippen molar-refractivity contribution in [1.29, 1.82) is 0 Å². The third-order valence-electron chi connectivity index (χ3n) is 4.93. The van der Waals surface area contributed by atoms with Gasteiger partial charge in [0.2, 0.25) is 5.91 Å². The van der Waals surface area contributed by atoms with Gasteiger partial charge in [0.25, 0.3) is 0 Å². The van der Waals surface area contributed by atoms with Crippen molar-refractivity contribution >= 4 is 17.7 Å². The zero-order valence-electron chi connectivity index (χ0n) is 15.0. The average molecular weight is 374 g/mol. The second kappa shape index (κ2) is 7.02. The van der Waals surface area contributed by atoms with E-state index in [4.69, 9.17) is 0 Å². The first-order chi connectivity index (χ1) is 12.5. The van der Waals surface area contributed by atoms with Crippen molar-refractivity contribution in [2.45, 2.75) is 67.9 Å². The molecule has 2 unspecified atom stereocenters. The molecule has 5 nitrogen and oxygen atoms in total. The SMILES string of the molecule is CC(Sc1nnc(C2CC2)n1C1CC1)C(=O)NC(C)c1ccc(F)cc1. The van der Waals surface area contributed by atoms with Crippen LogP contribution in [-0.4, -0.2) is 25.9 Å². The fourth-order valence-electron chi connectivity index (χ4n) is 3.04. The Hall–Kier alpha value is -1.89. The van der Waals surface area contributed by atoms with Crippen molar-refractivity contribution in [2.75, 3.05) is 0 Å². The molecule has 2 fully saturated rings. The third-order valence-corrected chi connectivity index (χ3v) is 5.98. The lowest BCUT2D eigenvalue weighted by Crippen LogP contribution is -2.33. The molecule has 0 spiro atoms. The van der Waals surface area contributed by atoms with Crippen molar-refractivity contribution in [3.63, 3.8) is 0 Å². The van der Waals surface area contributed by atoms with Gasteiger partial charge in [-0.05, 0) is 57.2 Å². The van der Waals surface area contributed by atoms with E-state index in [1.807, 2.05) is 13.8 Å². The van der Waals surface area contributed by atoms with Gasteiger partial charge in [0.15, 0.2) is 5.16 Å². The first-order valence-electron chi connectivity index (χ1n) is 9.20. The normalized spacial score (nSPS) is 19.2. The number of carbonyl (C=O) groups is 1. The number of hydrogen-bond acceptors (Lipinski definition) is 4. The van der Waals surface area contributed by atoms with Crippen LogP contribution in [0.3, 0.4) is 0 Å². The molecule has 1 aromatic heterocycles. The van der Waals surface area contributed by atoms with Crippen molar-refractivity contribution < 1.29 is 9.18 Å². The summed E-state index contributed by atoms with van der Waals surface area (Å²) in [5.41, 5.74) is 0.883. The van der Waals surface area contributed by atoms with Crippen LogP contribution in [-0.2, 0) is 4.79 Å². The fourth-order valence-corrected chi connectivity index (χ4v) is 3.98. The number of nitrogens with one attached hydrogen (secondary N) is 1. The molecule has 0 aliphatic heterocycles. The van der Waals surface area contributed by atoms with Gasteiger partial charge in [-0.2, -0.15) is 0 Å². The van der Waals surface area contributed by atoms with Crippen molar-refractivity contribution in [1.82, 2.24) is 20.1 Å². The number of carbonyl (C=O) groups excluding carboxylic acids is 1. The van der Waals surface area contributed by atoms with Crippen LogP contribution in [0.2, 0.25) is 0 Å². The van der Waals surface area contributed by atoms with Gasteiger partial charge >= 0.3 is 0 Å². The van der Waals surface area contributed by atoms with Crippen LogP contribution < -0.4 is 5.32 Å². The predicted octanol–water partition coefficient (Wildman–Crippen LogP) is 3.99. The fraction of sp³-hybridized carbons (Fsp3) is 0.526. The van der Waals surface area contributed by atoms with Crippen LogP contribution >= 0.6 is 11.8 Å². The summed E-state index contributed by atoms with van der Waals surface area (Å²) in [5, 5.41) is 12.3. The summed E-state index contributed by atoms with van der Waals surface area (Å²) < 4.78 is 15.3. The maximum atomic E-state index is 13.0. The molecule has 2 atom stereocenters. The van der Waals surface area contributed by atoms with Crippen molar-refractivity contribution in [3.05, 3.63) is 41.5 Å². The standard InChI is InChI=1S/C19H23FN4OS/c1-11(13-5-7-15(20)8-6-13)21-18(25)12(2)26-19-23-22-17(14-3-4-14)24(19)16-9-10-16/h5-8,11-12,14,16H,3-4,9-10H2,1-2H3,(H,21,25). The molecule has 1 N–H and O–H groups in total. The lowest BCUT2D eigenvalue weighted by Gasteiger charge is -2.18. The Labute approximate surface area is 156 Å². The van der Waals surface area contributed by atoms with Gasteiger partial charge in [-0.15, -0.1) is 10.2 Å². The van der Waals surface area contributed by atoms with Crippen LogP contribution in [0.1, 0.15) is 68.9 Å². The number of halogens is 1. The molecule has 26 heavy (non-hydrogen) atoms. The molecule has 0 bridgehead atoms. The highest BCUT2D eigenvalue weighted by Gasteiger charge is 2.37. The molecule has 138 valence electrons. The van der Waals surface area contributed by atoms with Crippen LogP contribution in [0.4, 0.5) is 4.39 Å². The number of nitrogens with zero attached hydrogens (tertiary/aromatic N) is 3. The Kier molecular flexibility index (Phi) is 4.73. The van der Waals surface area contributed by atoms with E-state index < -0.39 is 0 Å². The lowest BCUT2D eigenvalue weighted by atomic mass is 10.1. The summed E-state index contributed by atoms with van der Waals surface area (Å²) in [6.07, 6.45) is 4.74. The van der Waals surface area contributed by atoms with E-state index in [0.29, 0.717) is 12.0 Å². The van der Waals surface area contributed by atoms with Crippen LogP contribution in [0, 0.1) is 5.82 Å². The van der Waals surface area contributed by atoms with Crippen LogP contribution in [0.5, 0.6) is 0 Å². The Bertz CT molecular complexity index is 798. The van der Waals surface area contributed by atoms with Gasteiger partial charge in [0.05, 0.1) is 11.3 Å². The Balaban J connectivity index is 1.40. The zero-order valence-corrected chi connectivity index (χ0v) is 15.8. The minimum Gasteiger partial charge on any atom is -0.349 e. The van der Waals surface area contributed by atoms with Crippen molar-refractivity contribution in [2.24, 2.45) is 0 Å². The molecular formula is C19H23FN4OS. The highest BCUT2D eigenvalue weighted by Crippen LogP contribution is 2.46. The molecule has 0 saturated heterocycles. The highest BCUT2D eigenvalue weighted by atomic mass is 32.2. The monoisotopic (exact) mass is 374 g/mol. The summed E-state index contributed by atoms with van der Waals surface area (Å²) in [4.78, 5) is 12.6. The van der Waals surface area contributed by atoms with E-state index >= 15 is 0 Å². The predicted molar refractivity (Wildman–Crippen MR) is 98.5 cm³/mol. The molecule has 2 saturated carbocycles. The number of aromatic nitrogens is 3. The van der Waals surface area contributed by atoms with E-state index in [0.717, 1.165) is 16.5 Å². The molecule has 1 aromatic carbocycles. The number of hydrogen-bond donors (Lipinski definition) is 1. The second-order valence-corrected chi connectivity index (χ2v) is 8.57. The lowest BCUT2D eigenvalue weighted by molar-refractivity contribution is -0.120. The number of amides is 1. The van der Waals surface area contributed by atoms with Gasteiger partial charge in [0, 0.05) is 12.0 Å². The first-order valence-corrected chi connectivity index (χ1v) is 10.1. The number of rotatable bonds is 7. The largest absolute Gasteiger partial charge is 0.349 e. The van der Waals surface area contributed by atoms with E-state index in [-0.39, 0.29) is 23.0 Å². The van der Waals surface area contributed by atoms with Crippen LogP contribution in [0.15, 0.2) is 29.4 Å². The molecule has 2 aliphatic rings. The summed E-state index contributed by atoms with van der Waals surface area (Å²) in [5.74, 6) is 1.33. The molecule has 4 rings (SSSR count). The summed E-state index contributed by atoms with van der Waals surface area (Å²) >= 11 is 1.47. The van der Waals surface area contributed by atoms with E-state index in [2.05, 4.69) is 20.1 Å². The van der Waals surface area contributed by atoms with E-state index in [1.54, 1.807) is 12.1 Å². The van der Waals surface area contributed by atoms with Gasteiger partial charge in [-0.3, -0.25) is 4.79 Å². The highest BCUT2D eigenvalue weighted by molar-refractivity contribution is 8.00. The minimum atomic E-state index is -0.276. The zero-order chi connectivity index (χ0) is 18.3. The quantitative estimate of drug-likeness (QED) is 0.745. The maximum absolute atomic E-state index is 13.0. The number of thioether (sulfide) groups is 1. The minimum absolute atomic E-state index is 0.0508. The number of benzene rings is 1. The van der Waals surface area contributed by atoms with Gasteiger partial charge in [0.1, 0.15) is 11.6 Å². The van der Waals surface area contributed by atoms with Gasteiger partial charge < -0.3 is 9.88 Å². The second-order valence-electron chi connectivity index (χ2n) is 7.26. The van der Waals surface area contributed by atoms with E-state index in [1.165, 1.54) is 49.6 Å². The molecule has 2 aliphatic carbocycles. The van der Waals surface area contributed by atoms with Gasteiger partial charge in [-0.25, -0.2) is 4.39 Å². The summed E-state index contributed by atoms with van der Waals surface area (Å²) in [6, 6.07) is 6.56. The summed E-state index contributed by atoms with van der Waals surface area (Å²) in [7, 11) is 0. The first kappa shape index (κ1) is 17.5. The topological polar surface area (TPSA) is 59.8 Å². The Morgan fingerprint density at radius 1 is 1.19 bits per heavy atom. The van der Waals surface area contributed by atoms with Crippen molar-refractivity contribution in [3.8, 4) is 0 Å².